The van der Waals surface area contributed by atoms with Crippen molar-refractivity contribution in [2.45, 2.75) is 26.2 Å². The van der Waals surface area contributed by atoms with Gasteiger partial charge in [-0.25, -0.2) is 9.78 Å². The Morgan fingerprint density at radius 2 is 2.41 bits per heavy atom. The molecule has 0 aliphatic carbocycles. The lowest BCUT2D eigenvalue weighted by molar-refractivity contribution is 0.0688. The number of carboxylic acids is 1. The first-order chi connectivity index (χ1) is 8.22. The summed E-state index contributed by atoms with van der Waals surface area (Å²) in [5, 5.41) is 11.0. The number of oxazole rings is 1. The third-order valence-corrected chi connectivity index (χ3v) is 3.25. The average molecular weight is 251 g/mol. The minimum absolute atomic E-state index is 0.0434. The summed E-state index contributed by atoms with van der Waals surface area (Å²) in [5.41, 5.74) is 0.0434. The number of hydrogen-bond acceptors (Lipinski definition) is 4. The van der Waals surface area contributed by atoms with E-state index in [1.54, 1.807) is 0 Å². The van der Waals surface area contributed by atoms with E-state index >= 15 is 0 Å². The predicted octanol–water partition coefficient (Wildman–Crippen LogP) is 3.44. The topological polar surface area (TPSA) is 63.3 Å². The summed E-state index contributed by atoms with van der Waals surface area (Å²) in [4.78, 5) is 16.0. The first-order valence-corrected chi connectivity index (χ1v) is 6.37. The maximum Gasteiger partial charge on any atom is 0.358 e. The Kier molecular flexibility index (Phi) is 3.58. The number of carbonyl (C=O) groups is 1. The minimum atomic E-state index is -1.03. The van der Waals surface area contributed by atoms with Crippen LogP contribution in [0.25, 0.3) is 10.8 Å². The van der Waals surface area contributed by atoms with Crippen molar-refractivity contribution in [1.29, 1.82) is 0 Å². The van der Waals surface area contributed by atoms with Crippen LogP contribution in [0.1, 0.15) is 36.0 Å². The lowest BCUT2D eigenvalue weighted by Crippen LogP contribution is -2.01. The van der Waals surface area contributed by atoms with Crippen molar-refractivity contribution >= 4 is 17.3 Å². The number of unbranched alkanes of at least 4 members (excludes halogenated alkanes) is 1. The van der Waals surface area contributed by atoms with Crippen molar-refractivity contribution in [3.8, 4) is 10.8 Å². The zero-order valence-corrected chi connectivity index (χ0v) is 10.3. The second kappa shape index (κ2) is 5.14. The van der Waals surface area contributed by atoms with Gasteiger partial charge in [0.25, 0.3) is 0 Å². The van der Waals surface area contributed by atoms with Crippen LogP contribution in [-0.2, 0) is 6.42 Å². The number of rotatable bonds is 5. The molecule has 4 nitrogen and oxygen atoms in total. The molecular formula is C12H13NO3S. The Hall–Kier alpha value is -1.62. The highest BCUT2D eigenvalue weighted by Gasteiger charge is 2.19. The van der Waals surface area contributed by atoms with Crippen LogP contribution in [0.4, 0.5) is 0 Å². The molecule has 5 heteroatoms. The van der Waals surface area contributed by atoms with E-state index in [4.69, 9.17) is 9.52 Å². The number of carboxylic acid groups (broad SMARTS) is 1. The van der Waals surface area contributed by atoms with E-state index in [0.29, 0.717) is 18.1 Å². The third kappa shape index (κ3) is 2.55. The monoisotopic (exact) mass is 251 g/mol. The van der Waals surface area contributed by atoms with E-state index in [-0.39, 0.29) is 5.69 Å². The molecule has 2 heterocycles. The fraction of sp³-hybridized carbons (Fsp3) is 0.333. The largest absolute Gasteiger partial charge is 0.476 e. The van der Waals surface area contributed by atoms with Crippen molar-refractivity contribution < 1.29 is 14.3 Å². The SMILES string of the molecule is CCCCc1oc(-c2cccs2)nc1C(=O)O. The molecule has 2 rings (SSSR count). The predicted molar refractivity (Wildman–Crippen MR) is 65.4 cm³/mol. The highest BCUT2D eigenvalue weighted by atomic mass is 32.1. The average Bonchev–Trinajstić information content (AvgIpc) is 2.94. The Labute approximate surface area is 103 Å². The van der Waals surface area contributed by atoms with Gasteiger partial charge in [0, 0.05) is 6.42 Å². The van der Waals surface area contributed by atoms with E-state index in [2.05, 4.69) is 11.9 Å². The van der Waals surface area contributed by atoms with E-state index in [9.17, 15) is 4.79 Å². The molecule has 0 aromatic carbocycles. The number of thiophene rings is 1. The quantitative estimate of drug-likeness (QED) is 0.884. The van der Waals surface area contributed by atoms with Crippen molar-refractivity contribution in [3.63, 3.8) is 0 Å². The zero-order valence-electron chi connectivity index (χ0n) is 9.47. The number of aromatic carboxylic acids is 1. The molecule has 0 bridgehead atoms. The number of hydrogen-bond donors (Lipinski definition) is 1. The molecular weight excluding hydrogens is 238 g/mol. The number of aromatic nitrogens is 1. The molecule has 0 unspecified atom stereocenters. The number of nitrogens with zero attached hydrogens (tertiary/aromatic N) is 1. The van der Waals surface area contributed by atoms with Crippen LogP contribution < -0.4 is 0 Å². The normalized spacial score (nSPS) is 10.6. The molecule has 0 aliphatic heterocycles. The van der Waals surface area contributed by atoms with E-state index < -0.39 is 5.97 Å². The Balaban J connectivity index is 2.34. The minimum Gasteiger partial charge on any atom is -0.476 e. The van der Waals surface area contributed by atoms with E-state index in [0.717, 1.165) is 17.7 Å². The maximum atomic E-state index is 11.0. The smallest absolute Gasteiger partial charge is 0.358 e. The second-order valence-electron chi connectivity index (χ2n) is 3.68. The molecule has 0 atom stereocenters. The Morgan fingerprint density at radius 1 is 1.59 bits per heavy atom. The van der Waals surface area contributed by atoms with Gasteiger partial charge in [0.1, 0.15) is 5.76 Å². The molecule has 90 valence electrons. The van der Waals surface area contributed by atoms with Crippen LogP contribution in [0, 0.1) is 0 Å². The first kappa shape index (κ1) is 11.9. The molecule has 17 heavy (non-hydrogen) atoms. The Bertz CT molecular complexity index is 502. The third-order valence-electron chi connectivity index (χ3n) is 2.39. The molecule has 0 fully saturated rings. The summed E-state index contributed by atoms with van der Waals surface area (Å²) in [7, 11) is 0. The van der Waals surface area contributed by atoms with Gasteiger partial charge in [-0.05, 0) is 17.9 Å². The fourth-order valence-corrected chi connectivity index (χ4v) is 2.18. The highest BCUT2D eigenvalue weighted by Crippen LogP contribution is 2.27. The van der Waals surface area contributed by atoms with Gasteiger partial charge in [-0.2, -0.15) is 0 Å². The molecule has 0 aliphatic rings. The molecule has 0 radical (unpaired) electrons. The molecule has 2 aromatic rings. The van der Waals surface area contributed by atoms with E-state index in [1.165, 1.54) is 11.3 Å². The van der Waals surface area contributed by atoms with Gasteiger partial charge < -0.3 is 9.52 Å². The van der Waals surface area contributed by atoms with E-state index in [1.807, 2.05) is 17.5 Å². The molecule has 1 N–H and O–H groups in total. The van der Waals surface area contributed by atoms with Crippen molar-refractivity contribution in [2.24, 2.45) is 0 Å². The summed E-state index contributed by atoms with van der Waals surface area (Å²) >= 11 is 1.48. The molecule has 0 saturated heterocycles. The second-order valence-corrected chi connectivity index (χ2v) is 4.62. The van der Waals surface area contributed by atoms with Gasteiger partial charge in [0.15, 0.2) is 5.69 Å². The fourth-order valence-electron chi connectivity index (χ4n) is 1.53. The Morgan fingerprint density at radius 3 is 3.00 bits per heavy atom. The van der Waals surface area contributed by atoms with Crippen molar-refractivity contribution in [1.82, 2.24) is 4.98 Å². The van der Waals surface area contributed by atoms with Gasteiger partial charge >= 0.3 is 5.97 Å². The molecule has 2 aromatic heterocycles. The standard InChI is InChI=1S/C12H13NO3S/c1-2-3-5-8-10(12(14)15)13-11(16-8)9-6-4-7-17-9/h4,6-7H,2-3,5H2,1H3,(H,14,15). The summed E-state index contributed by atoms with van der Waals surface area (Å²) < 4.78 is 5.54. The van der Waals surface area contributed by atoms with Gasteiger partial charge in [-0.1, -0.05) is 19.4 Å². The molecule has 0 saturated carbocycles. The lowest BCUT2D eigenvalue weighted by atomic mass is 10.2. The summed E-state index contributed by atoms with van der Waals surface area (Å²) in [6.45, 7) is 2.05. The van der Waals surface area contributed by atoms with Crippen LogP contribution in [-0.4, -0.2) is 16.1 Å². The molecule has 0 spiro atoms. The van der Waals surface area contributed by atoms with Gasteiger partial charge in [0.05, 0.1) is 4.88 Å². The van der Waals surface area contributed by atoms with Gasteiger partial charge in [-0.3, -0.25) is 0 Å². The summed E-state index contributed by atoms with van der Waals surface area (Å²) in [5.74, 6) is -0.145. The van der Waals surface area contributed by atoms with Crippen LogP contribution in [0.2, 0.25) is 0 Å². The lowest BCUT2D eigenvalue weighted by Gasteiger charge is -1.94. The molecule has 0 amide bonds. The zero-order chi connectivity index (χ0) is 12.3. The first-order valence-electron chi connectivity index (χ1n) is 5.49. The van der Waals surface area contributed by atoms with Crippen molar-refractivity contribution in [2.75, 3.05) is 0 Å². The van der Waals surface area contributed by atoms with Gasteiger partial charge in [-0.15, -0.1) is 11.3 Å². The van der Waals surface area contributed by atoms with Crippen LogP contribution in [0.3, 0.4) is 0 Å². The van der Waals surface area contributed by atoms with Crippen LogP contribution >= 0.6 is 11.3 Å². The maximum absolute atomic E-state index is 11.0. The van der Waals surface area contributed by atoms with Gasteiger partial charge in [0.2, 0.25) is 5.89 Å². The van der Waals surface area contributed by atoms with Crippen molar-refractivity contribution in [3.05, 3.63) is 29.0 Å². The van der Waals surface area contributed by atoms with Crippen LogP contribution in [0.15, 0.2) is 21.9 Å². The highest BCUT2D eigenvalue weighted by molar-refractivity contribution is 7.13. The van der Waals surface area contributed by atoms with Crippen LogP contribution in [0.5, 0.6) is 0 Å². The number of aryl methyl sites for hydroxylation is 1. The summed E-state index contributed by atoms with van der Waals surface area (Å²) in [6.07, 6.45) is 2.52. The summed E-state index contributed by atoms with van der Waals surface area (Å²) in [6, 6.07) is 3.75.